The van der Waals surface area contributed by atoms with E-state index >= 15 is 0 Å². The molecule has 22 heavy (non-hydrogen) atoms. The maximum absolute atomic E-state index is 12.0. The first-order chi connectivity index (χ1) is 10.7. The molecule has 0 heterocycles. The Kier molecular flexibility index (Phi) is 5.83. The van der Waals surface area contributed by atoms with Gasteiger partial charge in [-0.25, -0.2) is 0 Å². The molecular formula is C18H21NO3. The molecule has 4 heteroatoms. The number of amides is 1. The summed E-state index contributed by atoms with van der Waals surface area (Å²) in [7, 11) is 0. The fourth-order valence-corrected chi connectivity index (χ4v) is 1.94. The van der Waals surface area contributed by atoms with Gasteiger partial charge >= 0.3 is 0 Å². The summed E-state index contributed by atoms with van der Waals surface area (Å²) >= 11 is 0. The van der Waals surface area contributed by atoms with Crippen LogP contribution in [0.4, 0.5) is 0 Å². The van der Waals surface area contributed by atoms with Gasteiger partial charge in [0.15, 0.2) is 6.10 Å². The molecule has 0 aliphatic carbocycles. The summed E-state index contributed by atoms with van der Waals surface area (Å²) in [6.07, 6.45) is -0.544. The smallest absolute Gasteiger partial charge is 0.260 e. The van der Waals surface area contributed by atoms with Crippen molar-refractivity contribution in [2.24, 2.45) is 0 Å². The van der Waals surface area contributed by atoms with Gasteiger partial charge in [-0.15, -0.1) is 0 Å². The highest BCUT2D eigenvalue weighted by molar-refractivity contribution is 5.80. The first kappa shape index (κ1) is 15.9. The Labute approximate surface area is 131 Å². The topological polar surface area (TPSA) is 47.6 Å². The van der Waals surface area contributed by atoms with Crippen molar-refractivity contribution in [2.75, 3.05) is 13.2 Å². The quantitative estimate of drug-likeness (QED) is 0.800. The second kappa shape index (κ2) is 8.08. The Balaban J connectivity index is 1.71. The summed E-state index contributed by atoms with van der Waals surface area (Å²) < 4.78 is 11.2. The van der Waals surface area contributed by atoms with Gasteiger partial charge in [0.2, 0.25) is 0 Å². The lowest BCUT2D eigenvalue weighted by atomic mass is 10.2. The van der Waals surface area contributed by atoms with E-state index < -0.39 is 6.10 Å². The zero-order valence-electron chi connectivity index (χ0n) is 12.9. The summed E-state index contributed by atoms with van der Waals surface area (Å²) in [4.78, 5) is 12.0. The van der Waals surface area contributed by atoms with Crippen LogP contribution in [0, 0.1) is 6.92 Å². The molecule has 4 nitrogen and oxygen atoms in total. The number of aryl methyl sites for hydroxylation is 1. The van der Waals surface area contributed by atoms with Gasteiger partial charge < -0.3 is 14.8 Å². The summed E-state index contributed by atoms with van der Waals surface area (Å²) in [5.41, 5.74) is 1.01. The van der Waals surface area contributed by atoms with Crippen LogP contribution in [0.25, 0.3) is 0 Å². The van der Waals surface area contributed by atoms with Crippen LogP contribution < -0.4 is 14.8 Å². The molecule has 2 aromatic rings. The van der Waals surface area contributed by atoms with Gasteiger partial charge in [0.1, 0.15) is 18.1 Å². The zero-order valence-corrected chi connectivity index (χ0v) is 12.9. The molecule has 1 N–H and O–H groups in total. The van der Waals surface area contributed by atoms with Crippen molar-refractivity contribution in [3.05, 3.63) is 60.2 Å². The number of hydrogen-bond donors (Lipinski definition) is 1. The fraction of sp³-hybridized carbons (Fsp3) is 0.278. The van der Waals surface area contributed by atoms with Crippen LogP contribution in [0.15, 0.2) is 54.6 Å². The van der Waals surface area contributed by atoms with E-state index in [0.717, 1.165) is 17.1 Å². The molecule has 1 unspecified atom stereocenters. The predicted octanol–water partition coefficient (Wildman–Crippen LogP) is 2.96. The van der Waals surface area contributed by atoms with Crippen LogP contribution in [-0.4, -0.2) is 25.2 Å². The van der Waals surface area contributed by atoms with Gasteiger partial charge in [0.25, 0.3) is 5.91 Å². The van der Waals surface area contributed by atoms with Gasteiger partial charge in [-0.2, -0.15) is 0 Å². The zero-order chi connectivity index (χ0) is 15.8. The highest BCUT2D eigenvalue weighted by Crippen LogP contribution is 2.17. The van der Waals surface area contributed by atoms with E-state index in [-0.39, 0.29) is 5.91 Å². The summed E-state index contributed by atoms with van der Waals surface area (Å²) in [6, 6.07) is 17.1. The Hall–Kier alpha value is -2.49. The molecule has 0 aliphatic rings. The fourth-order valence-electron chi connectivity index (χ4n) is 1.94. The predicted molar refractivity (Wildman–Crippen MR) is 86.2 cm³/mol. The molecule has 0 bridgehead atoms. The monoisotopic (exact) mass is 299 g/mol. The molecule has 116 valence electrons. The third kappa shape index (κ3) is 4.81. The minimum atomic E-state index is -0.544. The Morgan fingerprint density at radius 3 is 2.50 bits per heavy atom. The molecule has 0 fully saturated rings. The van der Waals surface area contributed by atoms with Crippen molar-refractivity contribution in [3.63, 3.8) is 0 Å². The van der Waals surface area contributed by atoms with Gasteiger partial charge in [-0.3, -0.25) is 4.79 Å². The number of rotatable bonds is 7. The van der Waals surface area contributed by atoms with Gasteiger partial charge in [0.05, 0.1) is 6.54 Å². The summed E-state index contributed by atoms with van der Waals surface area (Å²) in [5.74, 6) is 1.37. The highest BCUT2D eigenvalue weighted by atomic mass is 16.5. The molecule has 2 rings (SSSR count). The van der Waals surface area contributed by atoms with E-state index in [1.165, 1.54) is 0 Å². The number of para-hydroxylation sites is 2. The first-order valence-electron chi connectivity index (χ1n) is 7.34. The standard InChI is InChI=1S/C18H21NO3/c1-14-8-6-7-11-17(14)22-15(2)18(20)19-12-13-21-16-9-4-3-5-10-16/h3-11,15H,12-13H2,1-2H3,(H,19,20). The van der Waals surface area contributed by atoms with E-state index in [1.807, 2.05) is 61.5 Å². The van der Waals surface area contributed by atoms with Crippen molar-refractivity contribution >= 4 is 5.91 Å². The van der Waals surface area contributed by atoms with Crippen LogP contribution in [0.2, 0.25) is 0 Å². The van der Waals surface area contributed by atoms with E-state index in [2.05, 4.69) is 5.32 Å². The lowest BCUT2D eigenvalue weighted by Crippen LogP contribution is -2.38. The number of nitrogens with one attached hydrogen (secondary N) is 1. The van der Waals surface area contributed by atoms with Crippen LogP contribution in [-0.2, 0) is 4.79 Å². The van der Waals surface area contributed by atoms with E-state index in [0.29, 0.717) is 13.2 Å². The van der Waals surface area contributed by atoms with Crippen LogP contribution in [0.5, 0.6) is 11.5 Å². The number of carbonyl (C=O) groups is 1. The summed E-state index contributed by atoms with van der Waals surface area (Å²) in [5, 5.41) is 2.80. The number of hydrogen-bond acceptors (Lipinski definition) is 3. The van der Waals surface area contributed by atoms with Crippen molar-refractivity contribution in [1.29, 1.82) is 0 Å². The van der Waals surface area contributed by atoms with E-state index in [9.17, 15) is 4.79 Å². The molecular weight excluding hydrogens is 278 g/mol. The van der Waals surface area contributed by atoms with Gasteiger partial charge in [-0.1, -0.05) is 36.4 Å². The molecule has 1 atom stereocenters. The van der Waals surface area contributed by atoms with Crippen LogP contribution >= 0.6 is 0 Å². The lowest BCUT2D eigenvalue weighted by Gasteiger charge is -2.16. The lowest BCUT2D eigenvalue weighted by molar-refractivity contribution is -0.127. The molecule has 0 radical (unpaired) electrons. The van der Waals surface area contributed by atoms with Crippen molar-refractivity contribution in [3.8, 4) is 11.5 Å². The molecule has 0 aliphatic heterocycles. The van der Waals surface area contributed by atoms with Crippen LogP contribution in [0.1, 0.15) is 12.5 Å². The molecule has 0 aromatic heterocycles. The SMILES string of the molecule is Cc1ccccc1OC(C)C(=O)NCCOc1ccccc1. The Morgan fingerprint density at radius 1 is 1.09 bits per heavy atom. The van der Waals surface area contributed by atoms with Crippen molar-refractivity contribution < 1.29 is 14.3 Å². The molecule has 2 aromatic carbocycles. The third-order valence-electron chi connectivity index (χ3n) is 3.18. The molecule has 1 amide bonds. The maximum atomic E-state index is 12.0. The Morgan fingerprint density at radius 2 is 1.77 bits per heavy atom. The molecule has 0 saturated heterocycles. The second-order valence-corrected chi connectivity index (χ2v) is 4.98. The van der Waals surface area contributed by atoms with Gasteiger partial charge in [-0.05, 0) is 37.6 Å². The third-order valence-corrected chi connectivity index (χ3v) is 3.18. The number of benzene rings is 2. The van der Waals surface area contributed by atoms with E-state index in [1.54, 1.807) is 6.92 Å². The average molecular weight is 299 g/mol. The maximum Gasteiger partial charge on any atom is 0.260 e. The second-order valence-electron chi connectivity index (χ2n) is 4.98. The first-order valence-corrected chi connectivity index (χ1v) is 7.34. The molecule has 0 spiro atoms. The van der Waals surface area contributed by atoms with Crippen LogP contribution in [0.3, 0.4) is 0 Å². The average Bonchev–Trinajstić information content (AvgIpc) is 2.54. The minimum absolute atomic E-state index is 0.153. The normalized spacial score (nSPS) is 11.5. The minimum Gasteiger partial charge on any atom is -0.492 e. The summed E-state index contributed by atoms with van der Waals surface area (Å²) in [6.45, 7) is 4.55. The number of ether oxygens (including phenoxy) is 2. The number of carbonyl (C=O) groups excluding carboxylic acids is 1. The van der Waals surface area contributed by atoms with Gasteiger partial charge in [0, 0.05) is 0 Å². The van der Waals surface area contributed by atoms with Crippen molar-refractivity contribution in [1.82, 2.24) is 5.32 Å². The van der Waals surface area contributed by atoms with Crippen molar-refractivity contribution in [2.45, 2.75) is 20.0 Å². The largest absolute Gasteiger partial charge is 0.492 e. The Bertz CT molecular complexity index is 598. The molecule has 0 saturated carbocycles. The van der Waals surface area contributed by atoms with E-state index in [4.69, 9.17) is 9.47 Å². The highest BCUT2D eigenvalue weighted by Gasteiger charge is 2.14.